The van der Waals surface area contributed by atoms with Crippen molar-refractivity contribution in [1.29, 1.82) is 0 Å². The molecular weight excluding hydrogens is 128 g/mol. The standard InChI is InChI=1S/C7H8N2O/c8-5-1-3-6(9)7(10)4-2-5/h1-4H,8H2,(H2,9,10). The first-order chi connectivity index (χ1) is 4.70. The van der Waals surface area contributed by atoms with Gasteiger partial charge in [0.05, 0.1) is 5.69 Å². The largest absolute Gasteiger partial charge is 0.399 e. The zero-order valence-corrected chi connectivity index (χ0v) is 5.37. The second-order valence-electron chi connectivity index (χ2n) is 1.99. The van der Waals surface area contributed by atoms with E-state index in [2.05, 4.69) is 0 Å². The molecule has 1 aromatic rings. The van der Waals surface area contributed by atoms with Crippen LogP contribution in [-0.4, -0.2) is 0 Å². The lowest BCUT2D eigenvalue weighted by Gasteiger charge is -1.78. The molecule has 0 atom stereocenters. The summed E-state index contributed by atoms with van der Waals surface area (Å²) in [6.07, 6.45) is 0. The van der Waals surface area contributed by atoms with Gasteiger partial charge in [0, 0.05) is 5.69 Å². The Hall–Kier alpha value is -1.51. The number of rotatable bonds is 0. The summed E-state index contributed by atoms with van der Waals surface area (Å²) in [5, 5.41) is 0. The Morgan fingerprint density at radius 3 is 2.30 bits per heavy atom. The molecule has 4 N–H and O–H groups in total. The first kappa shape index (κ1) is 6.61. The van der Waals surface area contributed by atoms with Gasteiger partial charge in [0.2, 0.25) is 5.43 Å². The maximum absolute atomic E-state index is 10.8. The van der Waals surface area contributed by atoms with Gasteiger partial charge in [-0.3, -0.25) is 4.79 Å². The minimum atomic E-state index is -0.197. The number of hydrogen-bond acceptors (Lipinski definition) is 3. The molecule has 0 heterocycles. The molecule has 0 aliphatic carbocycles. The normalized spacial score (nSPS) is 9.20. The highest BCUT2D eigenvalue weighted by molar-refractivity contribution is 5.44. The first-order valence-corrected chi connectivity index (χ1v) is 2.85. The van der Waals surface area contributed by atoms with E-state index < -0.39 is 0 Å². The maximum Gasteiger partial charge on any atom is 0.201 e. The van der Waals surface area contributed by atoms with Crippen LogP contribution in [0.5, 0.6) is 0 Å². The molecule has 0 saturated carbocycles. The van der Waals surface area contributed by atoms with Gasteiger partial charge in [-0.25, -0.2) is 0 Å². The third-order valence-electron chi connectivity index (χ3n) is 1.17. The quantitative estimate of drug-likeness (QED) is 0.535. The molecule has 0 saturated heterocycles. The van der Waals surface area contributed by atoms with Gasteiger partial charge < -0.3 is 11.5 Å². The molecule has 3 heteroatoms. The molecule has 0 radical (unpaired) electrons. The van der Waals surface area contributed by atoms with Crippen LogP contribution in [-0.2, 0) is 0 Å². The number of hydrogen-bond donors (Lipinski definition) is 2. The predicted molar refractivity (Wildman–Crippen MR) is 41.5 cm³/mol. The highest BCUT2D eigenvalue weighted by Crippen LogP contribution is 1.97. The van der Waals surface area contributed by atoms with Crippen molar-refractivity contribution in [2.75, 3.05) is 11.5 Å². The van der Waals surface area contributed by atoms with E-state index in [1.165, 1.54) is 18.2 Å². The SMILES string of the molecule is Nc1ccc(N)c(=O)cc1. The molecule has 0 aliphatic heterocycles. The summed E-state index contributed by atoms with van der Waals surface area (Å²) in [4.78, 5) is 10.8. The fourth-order valence-corrected chi connectivity index (χ4v) is 0.592. The summed E-state index contributed by atoms with van der Waals surface area (Å²) in [5.41, 5.74) is 11.2. The van der Waals surface area contributed by atoms with E-state index in [1.807, 2.05) is 0 Å². The highest BCUT2D eigenvalue weighted by atomic mass is 16.1. The van der Waals surface area contributed by atoms with Gasteiger partial charge >= 0.3 is 0 Å². The number of nitrogens with two attached hydrogens (primary N) is 2. The summed E-state index contributed by atoms with van der Waals surface area (Å²) >= 11 is 0. The van der Waals surface area contributed by atoms with E-state index in [0.29, 0.717) is 5.69 Å². The van der Waals surface area contributed by atoms with E-state index >= 15 is 0 Å². The highest BCUT2D eigenvalue weighted by Gasteiger charge is 1.87. The van der Waals surface area contributed by atoms with Crippen molar-refractivity contribution in [2.45, 2.75) is 0 Å². The molecule has 0 fully saturated rings. The van der Waals surface area contributed by atoms with Crippen LogP contribution in [0, 0.1) is 0 Å². The van der Waals surface area contributed by atoms with Crippen molar-refractivity contribution in [2.24, 2.45) is 0 Å². The molecule has 1 rings (SSSR count). The molecule has 10 heavy (non-hydrogen) atoms. The Kier molecular flexibility index (Phi) is 1.58. The molecular formula is C7H8N2O. The summed E-state index contributed by atoms with van der Waals surface area (Å²) in [5.74, 6) is 0. The van der Waals surface area contributed by atoms with Crippen LogP contribution < -0.4 is 16.9 Å². The first-order valence-electron chi connectivity index (χ1n) is 2.85. The van der Waals surface area contributed by atoms with Gasteiger partial charge in [-0.1, -0.05) is 0 Å². The fraction of sp³-hybridized carbons (Fsp3) is 0. The average Bonchev–Trinajstić information content (AvgIpc) is 2.04. The summed E-state index contributed by atoms with van der Waals surface area (Å²) in [6.45, 7) is 0. The van der Waals surface area contributed by atoms with Crippen LogP contribution in [0.2, 0.25) is 0 Å². The van der Waals surface area contributed by atoms with Gasteiger partial charge in [0.15, 0.2) is 0 Å². The topological polar surface area (TPSA) is 69.1 Å². The van der Waals surface area contributed by atoms with Crippen molar-refractivity contribution in [3.8, 4) is 0 Å². The molecule has 52 valence electrons. The van der Waals surface area contributed by atoms with Crippen LogP contribution in [0.25, 0.3) is 0 Å². The van der Waals surface area contributed by atoms with E-state index in [1.54, 1.807) is 6.07 Å². The van der Waals surface area contributed by atoms with Crippen molar-refractivity contribution < 1.29 is 0 Å². The average molecular weight is 136 g/mol. The Balaban J connectivity index is 3.43. The van der Waals surface area contributed by atoms with E-state index in [0.717, 1.165) is 0 Å². The third-order valence-corrected chi connectivity index (χ3v) is 1.17. The maximum atomic E-state index is 10.8. The zero-order valence-electron chi connectivity index (χ0n) is 5.37. The molecule has 0 bridgehead atoms. The van der Waals surface area contributed by atoms with Crippen molar-refractivity contribution in [3.63, 3.8) is 0 Å². The summed E-state index contributed by atoms with van der Waals surface area (Å²) in [7, 11) is 0. The van der Waals surface area contributed by atoms with Crippen molar-refractivity contribution >= 4 is 11.4 Å². The fourth-order valence-electron chi connectivity index (χ4n) is 0.592. The van der Waals surface area contributed by atoms with Gasteiger partial charge in [-0.05, 0) is 24.3 Å². The molecule has 0 spiro atoms. The van der Waals surface area contributed by atoms with Gasteiger partial charge in [-0.15, -0.1) is 0 Å². The second-order valence-corrected chi connectivity index (χ2v) is 1.99. The molecule has 1 aromatic carbocycles. The Morgan fingerprint density at radius 1 is 1.00 bits per heavy atom. The smallest absolute Gasteiger partial charge is 0.201 e. The van der Waals surface area contributed by atoms with Gasteiger partial charge in [0.25, 0.3) is 0 Å². The summed E-state index contributed by atoms with van der Waals surface area (Å²) in [6, 6.07) is 5.97. The molecule has 0 aromatic heterocycles. The van der Waals surface area contributed by atoms with Crippen LogP contribution in [0.1, 0.15) is 0 Å². The zero-order chi connectivity index (χ0) is 7.56. The Labute approximate surface area is 58.3 Å². The van der Waals surface area contributed by atoms with Crippen LogP contribution in [0.15, 0.2) is 29.1 Å². The van der Waals surface area contributed by atoms with E-state index in [-0.39, 0.29) is 11.1 Å². The molecule has 0 aliphatic rings. The third kappa shape index (κ3) is 1.25. The van der Waals surface area contributed by atoms with E-state index in [9.17, 15) is 4.79 Å². The van der Waals surface area contributed by atoms with Gasteiger partial charge in [0.1, 0.15) is 0 Å². The summed E-state index contributed by atoms with van der Waals surface area (Å²) < 4.78 is 0. The van der Waals surface area contributed by atoms with Crippen molar-refractivity contribution in [3.05, 3.63) is 34.5 Å². The molecule has 0 unspecified atom stereocenters. The predicted octanol–water partition coefficient (Wildman–Crippen LogP) is 0.211. The number of nitrogen functional groups attached to an aromatic ring is 2. The lowest BCUT2D eigenvalue weighted by Crippen LogP contribution is -2.01. The van der Waals surface area contributed by atoms with Crippen molar-refractivity contribution in [1.82, 2.24) is 0 Å². The van der Waals surface area contributed by atoms with Gasteiger partial charge in [-0.2, -0.15) is 0 Å². The van der Waals surface area contributed by atoms with Crippen LogP contribution >= 0.6 is 0 Å². The van der Waals surface area contributed by atoms with Crippen LogP contribution in [0.3, 0.4) is 0 Å². The second kappa shape index (κ2) is 2.39. The Bertz CT molecular complexity index is 296. The minimum Gasteiger partial charge on any atom is -0.399 e. The molecule has 0 amide bonds. The minimum absolute atomic E-state index is 0.197. The molecule has 3 nitrogen and oxygen atoms in total. The lowest BCUT2D eigenvalue weighted by atomic mass is 10.4. The van der Waals surface area contributed by atoms with E-state index in [4.69, 9.17) is 11.5 Å². The van der Waals surface area contributed by atoms with Crippen LogP contribution in [0.4, 0.5) is 11.4 Å². The number of anilines is 2. The monoisotopic (exact) mass is 136 g/mol. The Morgan fingerprint density at radius 2 is 1.60 bits per heavy atom. The lowest BCUT2D eigenvalue weighted by molar-refractivity contribution is 1.65.